The fraction of sp³-hybridized carbons (Fsp3) is 0.273. The van der Waals surface area contributed by atoms with Gasteiger partial charge in [0.1, 0.15) is 6.04 Å². The lowest BCUT2D eigenvalue weighted by Gasteiger charge is -2.06. The molecule has 3 N–H and O–H groups in total. The summed E-state index contributed by atoms with van der Waals surface area (Å²) in [5, 5.41) is 0.755. The number of methoxy groups -OCH3 is 1. The number of nitrogens with one attached hydrogen (secondary N) is 1. The lowest BCUT2D eigenvalue weighted by Crippen LogP contribution is -2.33. The van der Waals surface area contributed by atoms with Crippen molar-refractivity contribution in [1.82, 2.24) is 9.97 Å². The summed E-state index contributed by atoms with van der Waals surface area (Å²) in [5.41, 5.74) is 7.51. The van der Waals surface area contributed by atoms with Gasteiger partial charge >= 0.3 is 5.97 Å². The van der Waals surface area contributed by atoms with E-state index in [1.165, 1.54) is 18.9 Å². The van der Waals surface area contributed by atoms with Gasteiger partial charge in [0.25, 0.3) is 0 Å². The molecule has 0 bridgehead atoms. The smallest absolute Gasteiger partial charge is 0.323 e. The van der Waals surface area contributed by atoms with Crippen LogP contribution >= 0.6 is 11.8 Å². The van der Waals surface area contributed by atoms with Gasteiger partial charge in [0.15, 0.2) is 5.16 Å². The summed E-state index contributed by atoms with van der Waals surface area (Å²) in [7, 11) is 1.33. The molecule has 0 unspecified atom stereocenters. The SMILES string of the molecule is COC(=O)[C@@H](N)CSc1nc2ccccc2[nH]1. The molecule has 2 aromatic rings. The number of aromatic amines is 1. The summed E-state index contributed by atoms with van der Waals surface area (Å²) in [5.74, 6) is 0.0283. The van der Waals surface area contributed by atoms with Crippen LogP contribution in [0.5, 0.6) is 0 Å². The molecule has 0 saturated carbocycles. The van der Waals surface area contributed by atoms with Gasteiger partial charge in [-0.2, -0.15) is 0 Å². The Kier molecular flexibility index (Phi) is 3.65. The highest BCUT2D eigenvalue weighted by atomic mass is 32.2. The van der Waals surface area contributed by atoms with E-state index in [1.54, 1.807) is 0 Å². The molecular weight excluding hydrogens is 238 g/mol. The van der Waals surface area contributed by atoms with Gasteiger partial charge in [0.2, 0.25) is 0 Å². The average Bonchev–Trinajstić information content (AvgIpc) is 2.77. The van der Waals surface area contributed by atoms with Crippen molar-refractivity contribution >= 4 is 28.8 Å². The minimum atomic E-state index is -0.627. The molecular formula is C11H13N3O2S. The summed E-state index contributed by atoms with van der Waals surface area (Å²) < 4.78 is 4.55. The van der Waals surface area contributed by atoms with Gasteiger partial charge in [-0.15, -0.1) is 0 Å². The Morgan fingerprint density at radius 3 is 3.06 bits per heavy atom. The van der Waals surface area contributed by atoms with Crippen LogP contribution in [0, 0.1) is 0 Å². The highest BCUT2D eigenvalue weighted by Gasteiger charge is 2.14. The first-order valence-electron chi connectivity index (χ1n) is 5.11. The average molecular weight is 251 g/mol. The molecule has 0 radical (unpaired) electrons. The van der Waals surface area contributed by atoms with Crippen molar-refractivity contribution in [2.24, 2.45) is 5.73 Å². The van der Waals surface area contributed by atoms with E-state index in [4.69, 9.17) is 5.73 Å². The predicted octanol–water partition coefficient (Wildman–Crippen LogP) is 1.16. The topological polar surface area (TPSA) is 81.0 Å². The Hall–Kier alpha value is -1.53. The second kappa shape index (κ2) is 5.20. The van der Waals surface area contributed by atoms with Crippen molar-refractivity contribution in [2.45, 2.75) is 11.2 Å². The normalized spacial score (nSPS) is 12.6. The number of aromatic nitrogens is 2. The Morgan fingerprint density at radius 2 is 2.35 bits per heavy atom. The van der Waals surface area contributed by atoms with Crippen LogP contribution in [0.1, 0.15) is 0 Å². The lowest BCUT2D eigenvalue weighted by atomic mass is 10.3. The van der Waals surface area contributed by atoms with Crippen LogP contribution in [0.3, 0.4) is 0 Å². The molecule has 6 heteroatoms. The van der Waals surface area contributed by atoms with Gasteiger partial charge in [0.05, 0.1) is 18.1 Å². The van der Waals surface area contributed by atoms with Crippen molar-refractivity contribution in [3.05, 3.63) is 24.3 Å². The summed E-state index contributed by atoms with van der Waals surface area (Å²) in [6.45, 7) is 0. The number of nitrogens with zero attached hydrogens (tertiary/aromatic N) is 1. The van der Waals surface area contributed by atoms with Crippen LogP contribution < -0.4 is 5.73 Å². The second-order valence-electron chi connectivity index (χ2n) is 3.50. The van der Waals surface area contributed by atoms with Gasteiger partial charge < -0.3 is 15.5 Å². The first-order chi connectivity index (χ1) is 8.20. The molecule has 0 spiro atoms. The number of esters is 1. The number of ether oxygens (including phenoxy) is 1. The number of hydrogen-bond donors (Lipinski definition) is 2. The maximum Gasteiger partial charge on any atom is 0.323 e. The zero-order chi connectivity index (χ0) is 12.3. The highest BCUT2D eigenvalue weighted by molar-refractivity contribution is 7.99. The molecule has 2 rings (SSSR count). The molecule has 0 aliphatic rings. The number of hydrogen-bond acceptors (Lipinski definition) is 5. The fourth-order valence-electron chi connectivity index (χ4n) is 1.39. The third-order valence-corrected chi connectivity index (χ3v) is 3.26. The molecule has 1 atom stereocenters. The molecule has 17 heavy (non-hydrogen) atoms. The minimum absolute atomic E-state index is 0.409. The highest BCUT2D eigenvalue weighted by Crippen LogP contribution is 2.19. The molecule has 0 saturated heterocycles. The Labute approximate surface area is 103 Å². The molecule has 1 heterocycles. The number of fused-ring (bicyclic) bond motifs is 1. The van der Waals surface area contributed by atoms with Crippen molar-refractivity contribution in [1.29, 1.82) is 0 Å². The third-order valence-electron chi connectivity index (χ3n) is 2.27. The quantitative estimate of drug-likeness (QED) is 0.629. The van der Waals surface area contributed by atoms with Crippen LogP contribution in [0.4, 0.5) is 0 Å². The molecule has 1 aromatic heterocycles. The van der Waals surface area contributed by atoms with E-state index >= 15 is 0 Å². The zero-order valence-electron chi connectivity index (χ0n) is 9.34. The largest absolute Gasteiger partial charge is 0.468 e. The van der Waals surface area contributed by atoms with Crippen LogP contribution in [-0.2, 0) is 9.53 Å². The standard InChI is InChI=1S/C11H13N3O2S/c1-16-10(15)7(12)6-17-11-13-8-4-2-3-5-9(8)14-11/h2-5,7H,6,12H2,1H3,(H,13,14)/t7-/m0/s1. The van der Waals surface area contributed by atoms with Gasteiger partial charge in [-0.1, -0.05) is 23.9 Å². The number of rotatable bonds is 4. The summed E-state index contributed by atoms with van der Waals surface area (Å²) >= 11 is 1.41. The number of para-hydroxylation sites is 2. The van der Waals surface area contributed by atoms with Crippen molar-refractivity contribution < 1.29 is 9.53 Å². The van der Waals surface area contributed by atoms with Crippen molar-refractivity contribution in [3.8, 4) is 0 Å². The summed E-state index contributed by atoms with van der Waals surface area (Å²) in [4.78, 5) is 18.6. The number of H-pyrrole nitrogens is 1. The molecule has 0 fully saturated rings. The van der Waals surface area contributed by atoms with Gasteiger partial charge in [-0.05, 0) is 12.1 Å². The number of imidazole rings is 1. The lowest BCUT2D eigenvalue weighted by molar-refractivity contribution is -0.141. The van der Waals surface area contributed by atoms with Crippen LogP contribution in [0.15, 0.2) is 29.4 Å². The van der Waals surface area contributed by atoms with Crippen molar-refractivity contribution in [3.63, 3.8) is 0 Å². The number of thioether (sulfide) groups is 1. The second-order valence-corrected chi connectivity index (χ2v) is 4.51. The van der Waals surface area contributed by atoms with E-state index in [2.05, 4.69) is 14.7 Å². The monoisotopic (exact) mass is 251 g/mol. The van der Waals surface area contributed by atoms with Crippen molar-refractivity contribution in [2.75, 3.05) is 12.9 Å². The summed E-state index contributed by atoms with van der Waals surface area (Å²) in [6.07, 6.45) is 0. The Bertz CT molecular complexity index is 493. The van der Waals surface area contributed by atoms with E-state index in [0.29, 0.717) is 5.75 Å². The third kappa shape index (κ3) is 2.78. The molecule has 5 nitrogen and oxygen atoms in total. The number of nitrogens with two attached hydrogens (primary N) is 1. The van der Waals surface area contributed by atoms with E-state index in [9.17, 15) is 4.79 Å². The molecule has 0 aliphatic carbocycles. The maximum atomic E-state index is 11.1. The van der Waals surface area contributed by atoms with E-state index in [0.717, 1.165) is 16.2 Å². The van der Waals surface area contributed by atoms with Gasteiger partial charge in [-0.25, -0.2) is 4.98 Å². The van der Waals surface area contributed by atoms with Gasteiger partial charge in [0, 0.05) is 5.75 Å². The first-order valence-corrected chi connectivity index (χ1v) is 6.10. The van der Waals surface area contributed by atoms with Gasteiger partial charge in [-0.3, -0.25) is 4.79 Å². The zero-order valence-corrected chi connectivity index (χ0v) is 10.2. The fourth-order valence-corrected chi connectivity index (χ4v) is 2.20. The number of benzene rings is 1. The molecule has 0 amide bonds. The van der Waals surface area contributed by atoms with Crippen LogP contribution in [0.25, 0.3) is 11.0 Å². The summed E-state index contributed by atoms with van der Waals surface area (Å²) in [6, 6.07) is 7.12. The number of carbonyl (C=O) groups excluding carboxylic acids is 1. The van der Waals surface area contributed by atoms with Crippen LogP contribution in [-0.4, -0.2) is 34.8 Å². The van der Waals surface area contributed by atoms with Crippen LogP contribution in [0.2, 0.25) is 0 Å². The van der Waals surface area contributed by atoms with E-state index < -0.39 is 12.0 Å². The number of carbonyl (C=O) groups is 1. The maximum absolute atomic E-state index is 11.1. The first kappa shape index (κ1) is 11.9. The molecule has 0 aliphatic heterocycles. The Morgan fingerprint density at radius 1 is 1.59 bits per heavy atom. The minimum Gasteiger partial charge on any atom is -0.468 e. The Balaban J connectivity index is 2.01. The molecule has 1 aromatic carbocycles. The van der Waals surface area contributed by atoms with E-state index in [1.807, 2.05) is 24.3 Å². The van der Waals surface area contributed by atoms with E-state index in [-0.39, 0.29) is 0 Å². The predicted molar refractivity (Wildman–Crippen MR) is 66.8 cm³/mol. The molecule has 90 valence electrons.